The number of benzene rings is 1. The van der Waals surface area contributed by atoms with E-state index in [1.54, 1.807) is 0 Å². The second-order valence-corrected chi connectivity index (χ2v) is 5.90. The first kappa shape index (κ1) is 14.0. The van der Waals surface area contributed by atoms with E-state index >= 15 is 0 Å². The molecule has 18 heavy (non-hydrogen) atoms. The highest BCUT2D eigenvalue weighted by Crippen LogP contribution is 2.31. The minimum atomic E-state index is -0.213. The molecule has 0 spiro atoms. The molecule has 0 bridgehead atoms. The Bertz CT molecular complexity index is 418. The molecule has 1 heterocycles. The second-order valence-electron chi connectivity index (χ2n) is 5.05. The average molecular weight is 316 g/mol. The predicted molar refractivity (Wildman–Crippen MR) is 74.2 cm³/mol. The summed E-state index contributed by atoms with van der Waals surface area (Å²) in [5, 5.41) is 3.34. The maximum absolute atomic E-state index is 13.1. The normalized spacial score (nSPS) is 25.3. The summed E-state index contributed by atoms with van der Waals surface area (Å²) in [6, 6.07) is 5.09. The fraction of sp³-hybridized carbons (Fsp3) is 0.571. The SMILES string of the molecule is CNC(Cc1ccc(F)cc1Br)C1(C)CCCO1. The van der Waals surface area contributed by atoms with Crippen LogP contribution >= 0.6 is 15.9 Å². The molecule has 0 saturated carbocycles. The summed E-state index contributed by atoms with van der Waals surface area (Å²) in [5.41, 5.74) is 0.982. The molecule has 1 fully saturated rings. The van der Waals surface area contributed by atoms with Crippen LogP contribution in [-0.2, 0) is 11.2 Å². The van der Waals surface area contributed by atoms with Gasteiger partial charge in [-0.3, -0.25) is 0 Å². The van der Waals surface area contributed by atoms with Crippen LogP contribution < -0.4 is 5.32 Å². The molecule has 2 rings (SSSR count). The first-order valence-corrected chi connectivity index (χ1v) is 7.09. The van der Waals surface area contributed by atoms with Crippen molar-refractivity contribution < 1.29 is 9.13 Å². The van der Waals surface area contributed by atoms with E-state index in [2.05, 4.69) is 28.2 Å². The van der Waals surface area contributed by atoms with Crippen LogP contribution in [0.25, 0.3) is 0 Å². The van der Waals surface area contributed by atoms with Gasteiger partial charge in [0.15, 0.2) is 0 Å². The van der Waals surface area contributed by atoms with E-state index in [-0.39, 0.29) is 17.5 Å². The van der Waals surface area contributed by atoms with Crippen molar-refractivity contribution in [3.8, 4) is 0 Å². The number of hydrogen-bond acceptors (Lipinski definition) is 2. The summed E-state index contributed by atoms with van der Waals surface area (Å²) in [5.74, 6) is -0.213. The van der Waals surface area contributed by atoms with E-state index in [9.17, 15) is 4.39 Å². The number of likely N-dealkylation sites (N-methyl/N-ethyl adjacent to an activating group) is 1. The van der Waals surface area contributed by atoms with Crippen LogP contribution in [0.3, 0.4) is 0 Å². The van der Waals surface area contributed by atoms with Crippen LogP contribution in [0, 0.1) is 5.82 Å². The van der Waals surface area contributed by atoms with Gasteiger partial charge in [-0.05, 0) is 50.9 Å². The van der Waals surface area contributed by atoms with Crippen molar-refractivity contribution in [2.45, 2.75) is 37.8 Å². The Hall–Kier alpha value is -0.450. The van der Waals surface area contributed by atoms with Crippen LogP contribution in [0.1, 0.15) is 25.3 Å². The van der Waals surface area contributed by atoms with Gasteiger partial charge in [-0.2, -0.15) is 0 Å². The summed E-state index contributed by atoms with van der Waals surface area (Å²) >= 11 is 3.42. The molecule has 4 heteroatoms. The van der Waals surface area contributed by atoms with Gasteiger partial charge in [-0.15, -0.1) is 0 Å². The molecule has 1 aliphatic heterocycles. The van der Waals surface area contributed by atoms with Gasteiger partial charge >= 0.3 is 0 Å². The number of hydrogen-bond donors (Lipinski definition) is 1. The van der Waals surface area contributed by atoms with Gasteiger partial charge < -0.3 is 10.1 Å². The van der Waals surface area contributed by atoms with Crippen molar-refractivity contribution in [3.05, 3.63) is 34.1 Å². The van der Waals surface area contributed by atoms with Gasteiger partial charge in [0, 0.05) is 17.1 Å². The Morgan fingerprint density at radius 1 is 1.56 bits per heavy atom. The van der Waals surface area contributed by atoms with Crippen molar-refractivity contribution in [2.75, 3.05) is 13.7 Å². The van der Waals surface area contributed by atoms with Crippen molar-refractivity contribution in [1.29, 1.82) is 0 Å². The summed E-state index contributed by atoms with van der Waals surface area (Å²) in [4.78, 5) is 0. The molecule has 1 saturated heterocycles. The molecule has 1 aliphatic rings. The van der Waals surface area contributed by atoms with Gasteiger partial charge in [-0.1, -0.05) is 22.0 Å². The van der Waals surface area contributed by atoms with Crippen LogP contribution in [0.4, 0.5) is 4.39 Å². The predicted octanol–water partition coefficient (Wildman–Crippen LogP) is 3.29. The molecule has 0 aliphatic carbocycles. The lowest BCUT2D eigenvalue weighted by molar-refractivity contribution is -0.00947. The van der Waals surface area contributed by atoms with E-state index in [1.807, 2.05) is 13.1 Å². The smallest absolute Gasteiger partial charge is 0.124 e. The number of halogens is 2. The molecule has 2 nitrogen and oxygen atoms in total. The van der Waals surface area contributed by atoms with Crippen molar-refractivity contribution in [1.82, 2.24) is 5.32 Å². The Kier molecular flexibility index (Phi) is 4.41. The van der Waals surface area contributed by atoms with Gasteiger partial charge in [-0.25, -0.2) is 4.39 Å². The van der Waals surface area contributed by atoms with Crippen LogP contribution in [0.2, 0.25) is 0 Å². The molecule has 1 aromatic carbocycles. The highest BCUT2D eigenvalue weighted by Gasteiger charge is 2.37. The van der Waals surface area contributed by atoms with Crippen LogP contribution in [0.5, 0.6) is 0 Å². The van der Waals surface area contributed by atoms with E-state index < -0.39 is 0 Å². The van der Waals surface area contributed by atoms with Gasteiger partial charge in [0.05, 0.1) is 5.60 Å². The quantitative estimate of drug-likeness (QED) is 0.920. The fourth-order valence-corrected chi connectivity index (χ4v) is 3.12. The third-order valence-corrected chi connectivity index (χ3v) is 4.51. The third kappa shape index (κ3) is 2.92. The molecule has 0 radical (unpaired) electrons. The number of ether oxygens (including phenoxy) is 1. The zero-order valence-corrected chi connectivity index (χ0v) is 12.4. The number of nitrogens with one attached hydrogen (secondary N) is 1. The third-order valence-electron chi connectivity index (χ3n) is 3.77. The van der Waals surface area contributed by atoms with E-state index in [0.29, 0.717) is 0 Å². The minimum absolute atomic E-state index is 0.122. The van der Waals surface area contributed by atoms with E-state index in [0.717, 1.165) is 35.9 Å². The molecule has 2 atom stereocenters. The standard InChI is InChI=1S/C14H19BrFNO/c1-14(6-3-7-18-14)13(17-2)8-10-4-5-11(16)9-12(10)15/h4-5,9,13,17H,3,6-8H2,1-2H3. The highest BCUT2D eigenvalue weighted by molar-refractivity contribution is 9.10. The van der Waals surface area contributed by atoms with Crippen molar-refractivity contribution >= 4 is 15.9 Å². The van der Waals surface area contributed by atoms with Crippen molar-refractivity contribution in [3.63, 3.8) is 0 Å². The topological polar surface area (TPSA) is 21.3 Å². The number of rotatable bonds is 4. The maximum Gasteiger partial charge on any atom is 0.124 e. The zero-order valence-electron chi connectivity index (χ0n) is 10.8. The lowest BCUT2D eigenvalue weighted by atomic mass is 9.88. The molecule has 2 unspecified atom stereocenters. The van der Waals surface area contributed by atoms with Crippen LogP contribution in [-0.4, -0.2) is 25.3 Å². The molecule has 100 valence electrons. The Labute approximate surface area is 116 Å². The van der Waals surface area contributed by atoms with Gasteiger partial charge in [0.25, 0.3) is 0 Å². The summed E-state index contributed by atoms with van der Waals surface area (Å²) in [6.07, 6.45) is 3.00. The largest absolute Gasteiger partial charge is 0.374 e. The molecule has 1 aromatic rings. The molecule has 0 aromatic heterocycles. The Morgan fingerprint density at radius 2 is 2.33 bits per heavy atom. The summed E-state index contributed by atoms with van der Waals surface area (Å²) in [6.45, 7) is 2.98. The first-order valence-electron chi connectivity index (χ1n) is 6.30. The minimum Gasteiger partial charge on any atom is -0.374 e. The Balaban J connectivity index is 2.15. The monoisotopic (exact) mass is 315 g/mol. The molecule has 1 N–H and O–H groups in total. The van der Waals surface area contributed by atoms with E-state index in [4.69, 9.17) is 4.74 Å². The molecule has 0 amide bonds. The van der Waals surface area contributed by atoms with E-state index in [1.165, 1.54) is 12.1 Å². The van der Waals surface area contributed by atoms with Gasteiger partial charge in [0.1, 0.15) is 5.82 Å². The summed E-state index contributed by atoms with van der Waals surface area (Å²) < 4.78 is 19.8. The fourth-order valence-electron chi connectivity index (χ4n) is 2.61. The first-order chi connectivity index (χ1) is 8.55. The lowest BCUT2D eigenvalue weighted by Gasteiger charge is -2.33. The lowest BCUT2D eigenvalue weighted by Crippen LogP contribution is -2.48. The highest BCUT2D eigenvalue weighted by atomic mass is 79.9. The second kappa shape index (κ2) is 5.68. The molecular formula is C14H19BrFNO. The maximum atomic E-state index is 13.1. The van der Waals surface area contributed by atoms with Crippen molar-refractivity contribution in [2.24, 2.45) is 0 Å². The van der Waals surface area contributed by atoms with Crippen LogP contribution in [0.15, 0.2) is 22.7 Å². The molecular weight excluding hydrogens is 297 g/mol. The average Bonchev–Trinajstić information content (AvgIpc) is 2.76. The Morgan fingerprint density at radius 3 is 2.89 bits per heavy atom. The van der Waals surface area contributed by atoms with Gasteiger partial charge in [0.2, 0.25) is 0 Å². The summed E-state index contributed by atoms with van der Waals surface area (Å²) in [7, 11) is 1.95. The zero-order chi connectivity index (χ0) is 13.2.